The average Bonchev–Trinajstić information content (AvgIpc) is 3.07. The summed E-state index contributed by atoms with van der Waals surface area (Å²) in [4.78, 5) is 24.5. The van der Waals surface area contributed by atoms with Gasteiger partial charge in [0.05, 0.1) is 16.7 Å². The average molecular weight is 418 g/mol. The van der Waals surface area contributed by atoms with Crippen molar-refractivity contribution in [2.75, 3.05) is 0 Å². The van der Waals surface area contributed by atoms with Gasteiger partial charge in [-0.15, -0.1) is 0 Å². The Balaban J connectivity index is 1.72. The number of ketones is 2. The van der Waals surface area contributed by atoms with E-state index < -0.39 is 0 Å². The number of hydrogen-bond acceptors (Lipinski definition) is 2. The third kappa shape index (κ3) is 2.42. The molecule has 3 nitrogen and oxygen atoms in total. The fraction of sp³-hybridized carbons (Fsp3) is 0.172. The van der Waals surface area contributed by atoms with E-state index in [9.17, 15) is 9.59 Å². The first-order valence-electron chi connectivity index (χ1n) is 10.9. The lowest BCUT2D eigenvalue weighted by Crippen LogP contribution is -2.27. The molecule has 0 radical (unpaired) electrons. The number of nitrogens with zero attached hydrogens (tertiary/aromatic N) is 1. The minimum Gasteiger partial charge on any atom is -0.309 e. The minimum absolute atomic E-state index is 0.126. The zero-order valence-electron chi connectivity index (χ0n) is 18.6. The van der Waals surface area contributed by atoms with Gasteiger partial charge in [-0.2, -0.15) is 0 Å². The van der Waals surface area contributed by atoms with E-state index in [1.807, 2.05) is 6.07 Å². The molecule has 0 saturated carbocycles. The molecule has 0 atom stereocenters. The van der Waals surface area contributed by atoms with Crippen molar-refractivity contribution in [1.29, 1.82) is 0 Å². The van der Waals surface area contributed by atoms with Gasteiger partial charge in [-0.05, 0) is 79.1 Å². The van der Waals surface area contributed by atoms with E-state index in [1.54, 1.807) is 0 Å². The standard InChI is InChI=1S/C29H23NO2/c1-16-5-8-25-21(11-16)22-12-17(2)13-24-28(22)30(25)26-9-6-18(14-23(26)29(24,3)4)20-15-19(31)7-10-27(20)32/h5-15H,1-4H3. The number of carbonyl (C=O) groups excluding carboxylic acids is 2. The van der Waals surface area contributed by atoms with Crippen LogP contribution in [0.4, 0.5) is 0 Å². The molecule has 0 spiro atoms. The molecular formula is C29H23NO2. The van der Waals surface area contributed by atoms with Crippen LogP contribution in [-0.2, 0) is 15.0 Å². The Morgan fingerprint density at radius 3 is 2.38 bits per heavy atom. The monoisotopic (exact) mass is 417 g/mol. The number of benzene rings is 3. The molecule has 0 fully saturated rings. The van der Waals surface area contributed by atoms with Gasteiger partial charge in [-0.3, -0.25) is 9.59 Å². The fourth-order valence-corrected chi connectivity index (χ4v) is 5.41. The Labute approximate surface area is 186 Å². The topological polar surface area (TPSA) is 39.1 Å². The lowest BCUT2D eigenvalue weighted by molar-refractivity contribution is -0.113. The summed E-state index contributed by atoms with van der Waals surface area (Å²) >= 11 is 0. The zero-order valence-corrected chi connectivity index (χ0v) is 18.6. The van der Waals surface area contributed by atoms with Crippen LogP contribution >= 0.6 is 0 Å². The van der Waals surface area contributed by atoms with E-state index in [0.717, 1.165) is 16.8 Å². The van der Waals surface area contributed by atoms with Crippen LogP contribution in [0.3, 0.4) is 0 Å². The van der Waals surface area contributed by atoms with Gasteiger partial charge < -0.3 is 4.57 Å². The van der Waals surface area contributed by atoms with Crippen molar-refractivity contribution in [3.05, 3.63) is 94.6 Å². The molecule has 3 heteroatoms. The second-order valence-corrected chi connectivity index (χ2v) is 9.58. The number of fused-ring (bicyclic) bond motifs is 5. The van der Waals surface area contributed by atoms with E-state index >= 15 is 0 Å². The highest BCUT2D eigenvalue weighted by Crippen LogP contribution is 2.48. The first-order valence-corrected chi connectivity index (χ1v) is 10.9. The maximum absolute atomic E-state index is 12.5. The van der Waals surface area contributed by atoms with Crippen molar-refractivity contribution in [2.24, 2.45) is 0 Å². The van der Waals surface area contributed by atoms with E-state index in [2.05, 4.69) is 74.7 Å². The highest BCUT2D eigenvalue weighted by Gasteiger charge is 2.36. The Morgan fingerprint density at radius 1 is 0.781 bits per heavy atom. The molecule has 2 heterocycles. The molecule has 0 amide bonds. The van der Waals surface area contributed by atoms with Crippen molar-refractivity contribution < 1.29 is 9.59 Å². The molecule has 0 saturated heterocycles. The smallest absolute Gasteiger partial charge is 0.186 e. The number of aromatic nitrogens is 1. The first kappa shape index (κ1) is 19.0. The molecule has 3 aromatic carbocycles. The Morgan fingerprint density at radius 2 is 1.56 bits per heavy atom. The second-order valence-electron chi connectivity index (χ2n) is 9.58. The molecule has 1 aliphatic heterocycles. The lowest BCUT2D eigenvalue weighted by atomic mass is 9.73. The number of rotatable bonds is 1. The van der Waals surface area contributed by atoms with E-state index in [0.29, 0.717) is 5.57 Å². The van der Waals surface area contributed by atoms with Crippen LogP contribution in [0, 0.1) is 13.8 Å². The second kappa shape index (κ2) is 6.17. The van der Waals surface area contributed by atoms with Gasteiger partial charge >= 0.3 is 0 Å². The molecule has 4 aromatic rings. The van der Waals surface area contributed by atoms with Crippen LogP contribution in [0.1, 0.15) is 41.7 Å². The highest BCUT2D eigenvalue weighted by molar-refractivity contribution is 6.34. The van der Waals surface area contributed by atoms with Crippen LogP contribution in [0.5, 0.6) is 0 Å². The molecule has 0 unspecified atom stereocenters. The molecule has 0 N–H and O–H groups in total. The maximum atomic E-state index is 12.5. The number of aryl methyl sites for hydroxylation is 2. The van der Waals surface area contributed by atoms with Gasteiger partial charge in [0.25, 0.3) is 0 Å². The van der Waals surface area contributed by atoms with Crippen molar-refractivity contribution in [2.45, 2.75) is 33.1 Å². The summed E-state index contributed by atoms with van der Waals surface area (Å²) < 4.78 is 2.37. The van der Waals surface area contributed by atoms with Gasteiger partial charge in [0.1, 0.15) is 0 Å². The zero-order chi connectivity index (χ0) is 22.4. The summed E-state index contributed by atoms with van der Waals surface area (Å²) in [6.45, 7) is 8.78. The van der Waals surface area contributed by atoms with Gasteiger partial charge in [0.15, 0.2) is 11.6 Å². The Kier molecular flexibility index (Phi) is 3.66. The van der Waals surface area contributed by atoms with E-state index in [-0.39, 0.29) is 17.0 Å². The van der Waals surface area contributed by atoms with Crippen LogP contribution in [-0.4, -0.2) is 16.1 Å². The Bertz CT molecular complexity index is 1590. The van der Waals surface area contributed by atoms with Crippen molar-refractivity contribution in [3.8, 4) is 5.69 Å². The van der Waals surface area contributed by atoms with Gasteiger partial charge in [-0.1, -0.05) is 43.2 Å². The quantitative estimate of drug-likeness (QED) is 0.349. The van der Waals surface area contributed by atoms with Gasteiger partial charge in [0, 0.05) is 21.8 Å². The van der Waals surface area contributed by atoms with Crippen LogP contribution in [0.25, 0.3) is 33.1 Å². The third-order valence-electron chi connectivity index (χ3n) is 7.01. The fourth-order valence-electron chi connectivity index (χ4n) is 5.41. The third-order valence-corrected chi connectivity index (χ3v) is 7.01. The van der Waals surface area contributed by atoms with E-state index in [1.165, 1.54) is 56.7 Å². The normalized spacial score (nSPS) is 16.6. The molecule has 1 aliphatic carbocycles. The number of allylic oxidation sites excluding steroid dienone is 4. The van der Waals surface area contributed by atoms with Crippen LogP contribution in [0.15, 0.2) is 66.8 Å². The molecule has 0 bridgehead atoms. The summed E-state index contributed by atoms with van der Waals surface area (Å²) in [7, 11) is 0. The Hall–Kier alpha value is -3.72. The minimum atomic E-state index is -0.257. The van der Waals surface area contributed by atoms with Gasteiger partial charge in [0.2, 0.25) is 0 Å². The molecule has 156 valence electrons. The lowest BCUT2D eigenvalue weighted by Gasteiger charge is -2.35. The maximum Gasteiger partial charge on any atom is 0.186 e. The molecule has 32 heavy (non-hydrogen) atoms. The predicted octanol–water partition coefficient (Wildman–Crippen LogP) is 6.13. The van der Waals surface area contributed by atoms with Gasteiger partial charge in [-0.25, -0.2) is 0 Å². The summed E-state index contributed by atoms with van der Waals surface area (Å²) in [6.07, 6.45) is 4.15. The molecule has 2 aliphatic rings. The van der Waals surface area contributed by atoms with Crippen LogP contribution < -0.4 is 0 Å². The summed E-state index contributed by atoms with van der Waals surface area (Å²) in [6, 6.07) is 17.4. The predicted molar refractivity (Wildman–Crippen MR) is 130 cm³/mol. The SMILES string of the molecule is Cc1ccc2c(c1)c1cc(C)cc3c1n2-c1ccc(C2=CC(=O)C=CC2=O)cc1C3(C)C. The number of carbonyl (C=O) groups is 2. The van der Waals surface area contributed by atoms with Crippen molar-refractivity contribution in [1.82, 2.24) is 4.57 Å². The summed E-state index contributed by atoms with van der Waals surface area (Å²) in [5.41, 5.74) is 9.49. The summed E-state index contributed by atoms with van der Waals surface area (Å²) in [5.74, 6) is -0.273. The van der Waals surface area contributed by atoms with Crippen LogP contribution in [0.2, 0.25) is 0 Å². The molecule has 1 aromatic heterocycles. The largest absolute Gasteiger partial charge is 0.309 e. The van der Waals surface area contributed by atoms with Crippen molar-refractivity contribution >= 4 is 38.9 Å². The van der Waals surface area contributed by atoms with E-state index in [4.69, 9.17) is 0 Å². The summed E-state index contributed by atoms with van der Waals surface area (Å²) in [5, 5.41) is 2.54. The first-order chi connectivity index (χ1) is 15.3. The van der Waals surface area contributed by atoms with Crippen molar-refractivity contribution in [3.63, 3.8) is 0 Å². The highest BCUT2D eigenvalue weighted by atomic mass is 16.1. The number of hydrogen-bond donors (Lipinski definition) is 0. The molecule has 6 rings (SSSR count). The molecular weight excluding hydrogens is 394 g/mol.